The van der Waals surface area contributed by atoms with Crippen molar-refractivity contribution in [2.24, 2.45) is 5.73 Å². The second-order valence-corrected chi connectivity index (χ2v) is 5.50. The molecule has 1 aliphatic rings. The van der Waals surface area contributed by atoms with Crippen LogP contribution in [0.15, 0.2) is 18.2 Å². The fourth-order valence-corrected chi connectivity index (χ4v) is 2.37. The molecule has 0 radical (unpaired) electrons. The molecule has 0 spiro atoms. The third-order valence-electron chi connectivity index (χ3n) is 3.44. The topological polar surface area (TPSA) is 93.5 Å². The first-order valence-electron chi connectivity index (χ1n) is 6.84. The van der Waals surface area contributed by atoms with Gasteiger partial charge in [0.15, 0.2) is 0 Å². The third-order valence-corrected chi connectivity index (χ3v) is 3.73. The molecule has 4 N–H and O–H groups in total. The van der Waals surface area contributed by atoms with Gasteiger partial charge in [0.25, 0.3) is 0 Å². The number of nitrogens with two attached hydrogens (primary N) is 1. The summed E-state index contributed by atoms with van der Waals surface area (Å²) in [4.78, 5) is 22.2. The second kappa shape index (κ2) is 7.42. The summed E-state index contributed by atoms with van der Waals surface area (Å²) in [7, 11) is 0. The summed E-state index contributed by atoms with van der Waals surface area (Å²) in [5.41, 5.74) is 5.24. The van der Waals surface area contributed by atoms with E-state index < -0.39 is 11.9 Å². The molecule has 1 fully saturated rings. The average molecular weight is 330 g/mol. The van der Waals surface area contributed by atoms with Crippen molar-refractivity contribution in [3.8, 4) is 0 Å². The maximum atomic E-state index is 13.6. The summed E-state index contributed by atoms with van der Waals surface area (Å²) in [5.74, 6) is -0.776. The first-order valence-corrected chi connectivity index (χ1v) is 7.22. The van der Waals surface area contributed by atoms with Gasteiger partial charge in [0.1, 0.15) is 11.9 Å². The normalized spacial score (nSPS) is 20.1. The quantitative estimate of drug-likeness (QED) is 0.733. The number of primary amides is 1. The Kier molecular flexibility index (Phi) is 5.57. The summed E-state index contributed by atoms with van der Waals surface area (Å²) in [6.07, 6.45) is 0.279. The zero-order chi connectivity index (χ0) is 16.1. The molecular formula is C14H17ClFN3O3. The highest BCUT2D eigenvalue weighted by Gasteiger charge is 2.31. The number of hydrogen-bond donors (Lipinski definition) is 3. The first kappa shape index (κ1) is 16.5. The average Bonchev–Trinajstić information content (AvgIpc) is 2.42. The second-order valence-electron chi connectivity index (χ2n) is 5.10. The van der Waals surface area contributed by atoms with Crippen LogP contribution >= 0.6 is 11.6 Å². The van der Waals surface area contributed by atoms with Crippen LogP contribution in [-0.4, -0.2) is 30.7 Å². The van der Waals surface area contributed by atoms with E-state index in [1.807, 2.05) is 0 Å². The van der Waals surface area contributed by atoms with Crippen LogP contribution in [-0.2, 0) is 16.1 Å². The smallest absolute Gasteiger partial charge is 0.404 e. The van der Waals surface area contributed by atoms with Gasteiger partial charge >= 0.3 is 6.09 Å². The van der Waals surface area contributed by atoms with Crippen LogP contribution in [0.25, 0.3) is 0 Å². The molecule has 0 saturated heterocycles. The van der Waals surface area contributed by atoms with Gasteiger partial charge in [-0.15, -0.1) is 0 Å². The standard InChI is InChI=1S/C14H17ClFN3O3/c15-11-3-1-2-8(13(11)16)6-19-12(20)7-18-9-4-10(5-9)22-14(17)21/h1-3,9-10,18H,4-7H2,(H2,17,21)(H,19,20)/t9-,10-. The number of rotatable bonds is 6. The maximum absolute atomic E-state index is 13.6. The van der Waals surface area contributed by atoms with Gasteiger partial charge in [-0.1, -0.05) is 23.7 Å². The molecule has 0 aliphatic heterocycles. The molecule has 22 heavy (non-hydrogen) atoms. The highest BCUT2D eigenvalue weighted by molar-refractivity contribution is 6.30. The van der Waals surface area contributed by atoms with Gasteiger partial charge in [-0.2, -0.15) is 0 Å². The van der Waals surface area contributed by atoms with Crippen LogP contribution in [0.1, 0.15) is 18.4 Å². The van der Waals surface area contributed by atoms with E-state index in [2.05, 4.69) is 10.6 Å². The summed E-state index contributed by atoms with van der Waals surface area (Å²) >= 11 is 5.66. The Morgan fingerprint density at radius 1 is 1.41 bits per heavy atom. The number of amides is 2. The Morgan fingerprint density at radius 3 is 2.82 bits per heavy atom. The molecule has 8 heteroatoms. The van der Waals surface area contributed by atoms with E-state index in [-0.39, 0.29) is 36.2 Å². The van der Waals surface area contributed by atoms with Gasteiger partial charge in [0, 0.05) is 18.2 Å². The Bertz CT molecular complexity index is 564. The molecule has 2 rings (SSSR count). The number of carbonyl (C=O) groups excluding carboxylic acids is 2. The van der Waals surface area contributed by atoms with Crippen LogP contribution < -0.4 is 16.4 Å². The molecule has 1 aromatic rings. The molecule has 0 unspecified atom stereocenters. The number of halogens is 2. The number of benzene rings is 1. The van der Waals surface area contributed by atoms with Gasteiger partial charge < -0.3 is 21.1 Å². The van der Waals surface area contributed by atoms with Crippen molar-refractivity contribution in [1.29, 1.82) is 0 Å². The van der Waals surface area contributed by atoms with Crippen LogP contribution in [0.5, 0.6) is 0 Å². The summed E-state index contributed by atoms with van der Waals surface area (Å²) in [5, 5.41) is 5.66. The minimum absolute atomic E-state index is 0.0276. The van der Waals surface area contributed by atoms with Crippen molar-refractivity contribution in [3.63, 3.8) is 0 Å². The van der Waals surface area contributed by atoms with E-state index in [1.54, 1.807) is 12.1 Å². The van der Waals surface area contributed by atoms with Crippen molar-refractivity contribution in [2.75, 3.05) is 6.54 Å². The molecule has 1 saturated carbocycles. The van der Waals surface area contributed by atoms with Gasteiger partial charge in [-0.05, 0) is 18.9 Å². The minimum Gasteiger partial charge on any atom is -0.446 e. The predicted molar refractivity (Wildman–Crippen MR) is 78.7 cm³/mol. The van der Waals surface area contributed by atoms with E-state index >= 15 is 0 Å². The molecule has 120 valence electrons. The summed E-state index contributed by atoms with van der Waals surface area (Å²) in [6, 6.07) is 4.74. The number of ether oxygens (including phenoxy) is 1. The third kappa shape index (κ3) is 4.57. The Hall–Kier alpha value is -1.86. The van der Waals surface area contributed by atoms with Crippen LogP contribution in [0.3, 0.4) is 0 Å². The van der Waals surface area contributed by atoms with E-state index in [9.17, 15) is 14.0 Å². The molecule has 6 nitrogen and oxygen atoms in total. The van der Waals surface area contributed by atoms with E-state index in [4.69, 9.17) is 22.1 Å². The number of hydrogen-bond acceptors (Lipinski definition) is 4. The monoisotopic (exact) mass is 329 g/mol. The molecule has 0 bridgehead atoms. The van der Waals surface area contributed by atoms with E-state index in [0.717, 1.165) is 0 Å². The predicted octanol–water partition coefficient (Wildman–Crippen LogP) is 1.31. The van der Waals surface area contributed by atoms with Crippen molar-refractivity contribution >= 4 is 23.6 Å². The summed E-state index contributed by atoms with van der Waals surface area (Å²) < 4.78 is 18.4. The lowest BCUT2D eigenvalue weighted by Crippen LogP contribution is -2.49. The van der Waals surface area contributed by atoms with Crippen molar-refractivity contribution in [2.45, 2.75) is 31.5 Å². The van der Waals surface area contributed by atoms with Gasteiger partial charge in [-0.3, -0.25) is 4.79 Å². The van der Waals surface area contributed by atoms with Crippen molar-refractivity contribution in [1.82, 2.24) is 10.6 Å². The molecule has 1 aromatic carbocycles. The maximum Gasteiger partial charge on any atom is 0.404 e. The highest BCUT2D eigenvalue weighted by atomic mass is 35.5. The zero-order valence-corrected chi connectivity index (χ0v) is 12.5. The SMILES string of the molecule is NC(=O)O[C@H]1C[C@H](NCC(=O)NCc2cccc(Cl)c2F)C1. The Morgan fingerprint density at radius 2 is 2.14 bits per heavy atom. The van der Waals surface area contributed by atoms with Gasteiger partial charge in [0.05, 0.1) is 11.6 Å². The van der Waals surface area contributed by atoms with Crippen LogP contribution in [0, 0.1) is 5.82 Å². The van der Waals surface area contributed by atoms with Gasteiger partial charge in [0.2, 0.25) is 5.91 Å². The van der Waals surface area contributed by atoms with Crippen LogP contribution in [0.4, 0.5) is 9.18 Å². The zero-order valence-electron chi connectivity index (χ0n) is 11.8. The molecular weight excluding hydrogens is 313 g/mol. The molecule has 0 atom stereocenters. The Balaban J connectivity index is 1.65. The first-order chi connectivity index (χ1) is 10.5. The largest absolute Gasteiger partial charge is 0.446 e. The highest BCUT2D eigenvalue weighted by Crippen LogP contribution is 2.23. The van der Waals surface area contributed by atoms with E-state index in [0.29, 0.717) is 18.4 Å². The lowest BCUT2D eigenvalue weighted by Gasteiger charge is -2.34. The molecule has 1 aliphatic carbocycles. The van der Waals surface area contributed by atoms with Crippen molar-refractivity contribution in [3.05, 3.63) is 34.6 Å². The molecule has 2 amide bonds. The van der Waals surface area contributed by atoms with Crippen LogP contribution in [0.2, 0.25) is 5.02 Å². The number of nitrogens with one attached hydrogen (secondary N) is 2. The summed E-state index contributed by atoms with van der Waals surface area (Å²) in [6.45, 7) is 0.182. The lowest BCUT2D eigenvalue weighted by molar-refractivity contribution is -0.120. The molecule has 0 aromatic heterocycles. The van der Waals surface area contributed by atoms with E-state index in [1.165, 1.54) is 6.07 Å². The fourth-order valence-electron chi connectivity index (χ4n) is 2.17. The molecule has 0 heterocycles. The van der Waals surface area contributed by atoms with Crippen molar-refractivity contribution < 1.29 is 18.7 Å². The minimum atomic E-state index is -0.787. The van der Waals surface area contributed by atoms with Gasteiger partial charge in [-0.25, -0.2) is 9.18 Å². The lowest BCUT2D eigenvalue weighted by atomic mass is 9.89. The Labute approximate surface area is 132 Å². The number of carbonyl (C=O) groups is 2. The fraction of sp³-hybridized carbons (Fsp3) is 0.429.